The number of halogens is 2. The molecule has 17 heavy (non-hydrogen) atoms. The van der Waals surface area contributed by atoms with Crippen LogP contribution in [0.5, 0.6) is 5.75 Å². The minimum atomic E-state index is 0.186. The smallest absolute Gasteiger partial charge is 0.127 e. The van der Waals surface area contributed by atoms with Crippen LogP contribution in [-0.2, 0) is 4.74 Å². The SMILES string of the molecule is CCCOC1C(Br)CC1Oc1ccc(I)cc1. The fourth-order valence-electron chi connectivity index (χ4n) is 1.80. The van der Waals surface area contributed by atoms with Crippen molar-refractivity contribution in [3.63, 3.8) is 0 Å². The molecule has 0 heterocycles. The van der Waals surface area contributed by atoms with E-state index in [9.17, 15) is 0 Å². The van der Waals surface area contributed by atoms with Gasteiger partial charge in [0, 0.05) is 21.4 Å². The van der Waals surface area contributed by atoms with E-state index in [1.807, 2.05) is 12.1 Å². The molecule has 1 aromatic carbocycles. The molecule has 1 saturated carbocycles. The van der Waals surface area contributed by atoms with Crippen molar-refractivity contribution in [2.24, 2.45) is 0 Å². The third kappa shape index (κ3) is 3.58. The van der Waals surface area contributed by atoms with Gasteiger partial charge in [0.2, 0.25) is 0 Å². The number of benzene rings is 1. The van der Waals surface area contributed by atoms with Crippen molar-refractivity contribution in [2.75, 3.05) is 6.61 Å². The van der Waals surface area contributed by atoms with Crippen LogP contribution in [0, 0.1) is 3.57 Å². The summed E-state index contributed by atoms with van der Waals surface area (Å²) in [5.74, 6) is 0.930. The molecule has 0 aliphatic heterocycles. The number of hydrogen-bond donors (Lipinski definition) is 0. The summed E-state index contributed by atoms with van der Waals surface area (Å²) in [6.45, 7) is 2.93. The van der Waals surface area contributed by atoms with Gasteiger partial charge < -0.3 is 9.47 Å². The van der Waals surface area contributed by atoms with E-state index in [1.54, 1.807) is 0 Å². The van der Waals surface area contributed by atoms with Gasteiger partial charge in [0.25, 0.3) is 0 Å². The first-order valence-corrected chi connectivity index (χ1v) is 7.88. The molecule has 4 heteroatoms. The fourth-order valence-corrected chi connectivity index (χ4v) is 3.02. The van der Waals surface area contributed by atoms with Crippen LogP contribution in [0.2, 0.25) is 0 Å². The highest BCUT2D eigenvalue weighted by Crippen LogP contribution is 2.34. The molecule has 1 aromatic rings. The topological polar surface area (TPSA) is 18.5 Å². The second-order valence-corrected chi connectivity index (χ2v) is 6.62. The molecule has 1 aliphatic carbocycles. The van der Waals surface area contributed by atoms with Gasteiger partial charge in [-0.2, -0.15) is 0 Å². The molecule has 1 aliphatic rings. The Morgan fingerprint density at radius 3 is 2.65 bits per heavy atom. The number of ether oxygens (including phenoxy) is 2. The molecule has 0 N–H and O–H groups in total. The Hall–Kier alpha value is 0.190. The van der Waals surface area contributed by atoms with E-state index >= 15 is 0 Å². The molecule has 2 nitrogen and oxygen atoms in total. The Balaban J connectivity index is 1.88. The largest absolute Gasteiger partial charge is 0.488 e. The lowest BCUT2D eigenvalue weighted by molar-refractivity contribution is -0.0762. The van der Waals surface area contributed by atoms with Crippen LogP contribution in [0.3, 0.4) is 0 Å². The van der Waals surface area contributed by atoms with E-state index in [4.69, 9.17) is 9.47 Å². The summed E-state index contributed by atoms with van der Waals surface area (Å²) in [6.07, 6.45) is 2.44. The van der Waals surface area contributed by atoms with Crippen molar-refractivity contribution < 1.29 is 9.47 Å². The quantitative estimate of drug-likeness (QED) is 0.539. The summed E-state index contributed by atoms with van der Waals surface area (Å²) < 4.78 is 12.9. The zero-order chi connectivity index (χ0) is 12.3. The van der Waals surface area contributed by atoms with Gasteiger partial charge in [-0.3, -0.25) is 0 Å². The molecule has 0 radical (unpaired) electrons. The van der Waals surface area contributed by atoms with Gasteiger partial charge in [-0.15, -0.1) is 0 Å². The summed E-state index contributed by atoms with van der Waals surface area (Å²) in [5, 5.41) is 0. The summed E-state index contributed by atoms with van der Waals surface area (Å²) in [6, 6.07) is 8.14. The van der Waals surface area contributed by atoms with Crippen molar-refractivity contribution in [3.05, 3.63) is 27.8 Å². The Kier molecular flexibility index (Phi) is 5.11. The second kappa shape index (κ2) is 6.38. The van der Waals surface area contributed by atoms with Crippen LogP contribution in [0.4, 0.5) is 0 Å². The monoisotopic (exact) mass is 410 g/mol. The van der Waals surface area contributed by atoms with Gasteiger partial charge >= 0.3 is 0 Å². The molecule has 3 unspecified atom stereocenters. The lowest BCUT2D eigenvalue weighted by Crippen LogP contribution is -2.52. The van der Waals surface area contributed by atoms with E-state index < -0.39 is 0 Å². The summed E-state index contributed by atoms with van der Waals surface area (Å²) in [4.78, 5) is 0.433. The van der Waals surface area contributed by atoms with E-state index in [0.717, 1.165) is 25.2 Å². The molecule has 2 rings (SSSR count). The van der Waals surface area contributed by atoms with Gasteiger partial charge in [0.05, 0.1) is 0 Å². The molecular weight excluding hydrogens is 395 g/mol. The predicted molar refractivity (Wildman–Crippen MR) is 80.9 cm³/mol. The van der Waals surface area contributed by atoms with Gasteiger partial charge in [-0.25, -0.2) is 0 Å². The molecule has 94 valence electrons. The molecule has 0 saturated heterocycles. The van der Waals surface area contributed by atoms with Crippen molar-refractivity contribution in [3.8, 4) is 5.75 Å². The first kappa shape index (κ1) is 13.6. The van der Waals surface area contributed by atoms with Gasteiger partial charge in [-0.05, 0) is 53.3 Å². The Labute approximate surface area is 124 Å². The molecule has 3 atom stereocenters. The molecule has 0 amide bonds. The molecule has 1 fully saturated rings. The highest BCUT2D eigenvalue weighted by atomic mass is 127. The maximum Gasteiger partial charge on any atom is 0.127 e. The highest BCUT2D eigenvalue weighted by Gasteiger charge is 2.42. The zero-order valence-corrected chi connectivity index (χ0v) is 13.5. The van der Waals surface area contributed by atoms with Crippen LogP contribution in [0.25, 0.3) is 0 Å². The van der Waals surface area contributed by atoms with Crippen LogP contribution < -0.4 is 4.74 Å². The third-order valence-electron chi connectivity index (χ3n) is 2.80. The number of hydrogen-bond acceptors (Lipinski definition) is 2. The minimum Gasteiger partial charge on any atom is -0.488 e. The molecule has 0 bridgehead atoms. The minimum absolute atomic E-state index is 0.186. The number of rotatable bonds is 5. The standard InChI is InChI=1S/C13H16BrIO2/c1-2-7-16-13-11(14)8-12(13)17-10-5-3-9(15)4-6-10/h3-6,11-13H,2,7-8H2,1H3. The lowest BCUT2D eigenvalue weighted by Gasteiger charge is -2.40. The molecular formula is C13H16BrIO2. The van der Waals surface area contributed by atoms with Crippen molar-refractivity contribution >= 4 is 38.5 Å². The van der Waals surface area contributed by atoms with Gasteiger partial charge in [0.15, 0.2) is 0 Å². The molecule has 0 aromatic heterocycles. The first-order chi connectivity index (χ1) is 8.20. The van der Waals surface area contributed by atoms with Crippen LogP contribution >= 0.6 is 38.5 Å². The second-order valence-electron chi connectivity index (χ2n) is 4.20. The third-order valence-corrected chi connectivity index (χ3v) is 4.41. The van der Waals surface area contributed by atoms with E-state index in [1.165, 1.54) is 3.57 Å². The van der Waals surface area contributed by atoms with E-state index in [-0.39, 0.29) is 12.2 Å². The van der Waals surface area contributed by atoms with E-state index in [2.05, 4.69) is 57.6 Å². The normalized spacial score (nSPS) is 27.6. The lowest BCUT2D eigenvalue weighted by atomic mass is 9.91. The zero-order valence-electron chi connectivity index (χ0n) is 9.74. The first-order valence-electron chi connectivity index (χ1n) is 5.88. The van der Waals surface area contributed by atoms with Crippen molar-refractivity contribution in [1.82, 2.24) is 0 Å². The molecule has 0 spiro atoms. The van der Waals surface area contributed by atoms with E-state index in [0.29, 0.717) is 4.83 Å². The van der Waals surface area contributed by atoms with Crippen LogP contribution in [-0.4, -0.2) is 23.6 Å². The Bertz CT molecular complexity index is 355. The average Bonchev–Trinajstić information content (AvgIpc) is 2.31. The van der Waals surface area contributed by atoms with Crippen molar-refractivity contribution in [2.45, 2.75) is 36.8 Å². The van der Waals surface area contributed by atoms with Crippen LogP contribution in [0.1, 0.15) is 19.8 Å². The van der Waals surface area contributed by atoms with Crippen molar-refractivity contribution in [1.29, 1.82) is 0 Å². The predicted octanol–water partition coefficient (Wildman–Crippen LogP) is 4.00. The highest BCUT2D eigenvalue weighted by molar-refractivity contribution is 14.1. The van der Waals surface area contributed by atoms with Gasteiger partial charge in [-0.1, -0.05) is 22.9 Å². The maximum absolute atomic E-state index is 5.93. The number of alkyl halides is 1. The Morgan fingerprint density at radius 2 is 2.06 bits per heavy atom. The summed E-state index contributed by atoms with van der Waals surface area (Å²) in [7, 11) is 0. The van der Waals surface area contributed by atoms with Crippen LogP contribution in [0.15, 0.2) is 24.3 Å². The van der Waals surface area contributed by atoms with Gasteiger partial charge in [0.1, 0.15) is 18.0 Å². The summed E-state index contributed by atoms with van der Waals surface area (Å²) >= 11 is 5.91. The average molecular weight is 411 g/mol. The Morgan fingerprint density at radius 1 is 1.35 bits per heavy atom. The fraction of sp³-hybridized carbons (Fsp3) is 0.538. The summed E-state index contributed by atoms with van der Waals surface area (Å²) in [5.41, 5.74) is 0. The maximum atomic E-state index is 5.93.